The molecule has 28 heavy (non-hydrogen) atoms. The van der Waals surface area contributed by atoms with Gasteiger partial charge in [-0.15, -0.1) is 11.3 Å². The summed E-state index contributed by atoms with van der Waals surface area (Å²) in [7, 11) is 0. The number of rotatable bonds is 6. The fourth-order valence-electron chi connectivity index (χ4n) is 3.16. The molecular weight excluding hydrogens is 388 g/mol. The highest BCUT2D eigenvalue weighted by molar-refractivity contribution is 7.98. The van der Waals surface area contributed by atoms with Gasteiger partial charge in [-0.05, 0) is 37.8 Å². The van der Waals surface area contributed by atoms with E-state index in [1.807, 2.05) is 25.3 Å². The van der Waals surface area contributed by atoms with Crippen LogP contribution in [0.1, 0.15) is 28.6 Å². The lowest BCUT2D eigenvalue weighted by molar-refractivity contribution is 0.640. The second kappa shape index (κ2) is 7.93. The number of thioether (sulfide) groups is 1. The molecule has 0 saturated heterocycles. The van der Waals surface area contributed by atoms with E-state index in [1.165, 1.54) is 11.1 Å². The van der Waals surface area contributed by atoms with Gasteiger partial charge >= 0.3 is 0 Å². The molecular formula is C21H22N4OS2. The number of hydrogen-bond acceptors (Lipinski definition) is 5. The maximum atomic E-state index is 13.4. The Morgan fingerprint density at radius 3 is 2.61 bits per heavy atom. The highest BCUT2D eigenvalue weighted by atomic mass is 32.2. The summed E-state index contributed by atoms with van der Waals surface area (Å²) in [6, 6.07) is 12.5. The highest BCUT2D eigenvalue weighted by Gasteiger charge is 2.18. The Morgan fingerprint density at radius 1 is 1.14 bits per heavy atom. The average Bonchev–Trinajstić information content (AvgIpc) is 3.31. The fraction of sp³-hybridized carbons (Fsp3) is 0.286. The molecule has 0 saturated carbocycles. The van der Waals surface area contributed by atoms with Crippen LogP contribution in [0.5, 0.6) is 0 Å². The Labute approximate surface area is 172 Å². The van der Waals surface area contributed by atoms with Crippen LogP contribution in [0.4, 0.5) is 0 Å². The van der Waals surface area contributed by atoms with Crippen LogP contribution in [0.15, 0.2) is 51.7 Å². The maximum Gasteiger partial charge on any atom is 0.280 e. The van der Waals surface area contributed by atoms with Crippen molar-refractivity contribution < 1.29 is 0 Å². The van der Waals surface area contributed by atoms with Crippen LogP contribution in [-0.2, 0) is 18.8 Å². The van der Waals surface area contributed by atoms with Gasteiger partial charge in [0.2, 0.25) is 0 Å². The molecule has 0 atom stereocenters. The zero-order valence-electron chi connectivity index (χ0n) is 16.2. The Balaban J connectivity index is 1.79. The third-order valence-electron chi connectivity index (χ3n) is 4.66. The molecule has 1 aromatic carbocycles. The number of nitrogens with zero attached hydrogens (tertiary/aromatic N) is 4. The van der Waals surface area contributed by atoms with Crippen LogP contribution < -0.4 is 5.56 Å². The lowest BCUT2D eigenvalue weighted by atomic mass is 10.2. The van der Waals surface area contributed by atoms with Crippen molar-refractivity contribution in [3.05, 3.63) is 73.8 Å². The molecule has 0 aliphatic rings. The van der Waals surface area contributed by atoms with E-state index < -0.39 is 0 Å². The smallest absolute Gasteiger partial charge is 0.280 e. The van der Waals surface area contributed by atoms with Gasteiger partial charge in [0, 0.05) is 17.2 Å². The second-order valence-corrected chi connectivity index (χ2v) is 8.71. The predicted octanol–water partition coefficient (Wildman–Crippen LogP) is 4.63. The molecule has 0 spiro atoms. The molecule has 0 fully saturated rings. The quantitative estimate of drug-likeness (QED) is 0.343. The van der Waals surface area contributed by atoms with Gasteiger partial charge in [0.1, 0.15) is 5.52 Å². The van der Waals surface area contributed by atoms with Crippen LogP contribution in [0.2, 0.25) is 0 Å². The second-order valence-electron chi connectivity index (χ2n) is 6.74. The summed E-state index contributed by atoms with van der Waals surface area (Å²) < 4.78 is 3.56. The molecule has 3 aromatic heterocycles. The van der Waals surface area contributed by atoms with E-state index in [0.717, 1.165) is 21.5 Å². The summed E-state index contributed by atoms with van der Waals surface area (Å²) in [6.07, 6.45) is 0. The highest BCUT2D eigenvalue weighted by Crippen LogP contribution is 2.25. The number of benzene rings is 1. The molecule has 0 radical (unpaired) electrons. The first-order valence-electron chi connectivity index (χ1n) is 9.25. The molecule has 0 amide bonds. The largest absolute Gasteiger partial charge is 0.280 e. The van der Waals surface area contributed by atoms with Crippen molar-refractivity contribution >= 4 is 34.1 Å². The third-order valence-corrected chi connectivity index (χ3v) is 6.57. The van der Waals surface area contributed by atoms with Crippen LogP contribution in [-0.4, -0.2) is 19.3 Å². The first-order valence-corrected chi connectivity index (χ1v) is 11.1. The molecule has 4 aromatic rings. The molecule has 4 rings (SSSR count). The average molecular weight is 411 g/mol. The molecule has 0 N–H and O–H groups in total. The van der Waals surface area contributed by atoms with Crippen molar-refractivity contribution in [2.24, 2.45) is 0 Å². The van der Waals surface area contributed by atoms with Gasteiger partial charge in [0.25, 0.3) is 5.56 Å². The molecule has 0 aliphatic heterocycles. The number of hydrogen-bond donors (Lipinski definition) is 0. The van der Waals surface area contributed by atoms with E-state index in [1.54, 1.807) is 32.3 Å². The summed E-state index contributed by atoms with van der Waals surface area (Å²) >= 11 is 3.25. The van der Waals surface area contributed by atoms with Crippen molar-refractivity contribution in [3.63, 3.8) is 0 Å². The summed E-state index contributed by atoms with van der Waals surface area (Å²) in [5.74, 6) is 0.767. The molecule has 144 valence electrons. The summed E-state index contributed by atoms with van der Waals surface area (Å²) in [4.78, 5) is 19.4. The van der Waals surface area contributed by atoms with E-state index in [4.69, 9.17) is 4.98 Å². The van der Waals surface area contributed by atoms with Crippen molar-refractivity contribution in [1.82, 2.24) is 19.3 Å². The van der Waals surface area contributed by atoms with Gasteiger partial charge in [0.15, 0.2) is 10.7 Å². The normalized spacial score (nSPS) is 11.4. The summed E-state index contributed by atoms with van der Waals surface area (Å²) in [6.45, 7) is 7.17. The van der Waals surface area contributed by atoms with Gasteiger partial charge in [-0.3, -0.25) is 14.0 Å². The van der Waals surface area contributed by atoms with Crippen molar-refractivity contribution in [1.29, 1.82) is 0 Å². The van der Waals surface area contributed by atoms with E-state index in [0.29, 0.717) is 24.1 Å². The van der Waals surface area contributed by atoms with E-state index in [-0.39, 0.29) is 5.56 Å². The SMILES string of the molecule is CCn1nc(C)c2nc(SCc3ccc(C)cc3)n(Cc3cccs3)c(=O)c21. The van der Waals surface area contributed by atoms with Crippen molar-refractivity contribution in [3.8, 4) is 0 Å². The summed E-state index contributed by atoms with van der Waals surface area (Å²) in [5, 5.41) is 7.29. The lowest BCUT2D eigenvalue weighted by Crippen LogP contribution is -2.25. The Hall–Kier alpha value is -2.38. The van der Waals surface area contributed by atoms with E-state index >= 15 is 0 Å². The maximum absolute atomic E-state index is 13.4. The van der Waals surface area contributed by atoms with Crippen LogP contribution in [0.3, 0.4) is 0 Å². The zero-order valence-corrected chi connectivity index (χ0v) is 17.8. The Morgan fingerprint density at radius 2 is 1.93 bits per heavy atom. The Bertz CT molecular complexity index is 1160. The molecule has 0 unspecified atom stereocenters. The van der Waals surface area contributed by atoms with Crippen LogP contribution in [0, 0.1) is 13.8 Å². The van der Waals surface area contributed by atoms with Gasteiger partial charge in [-0.1, -0.05) is 47.7 Å². The number of aryl methyl sites for hydroxylation is 3. The first-order chi connectivity index (χ1) is 13.6. The van der Waals surface area contributed by atoms with E-state index in [9.17, 15) is 4.79 Å². The zero-order chi connectivity index (χ0) is 19.7. The molecule has 0 aliphatic carbocycles. The fourth-order valence-corrected chi connectivity index (χ4v) is 4.80. The molecule has 0 bridgehead atoms. The molecule has 7 heteroatoms. The summed E-state index contributed by atoms with van der Waals surface area (Å²) in [5.41, 5.74) is 4.54. The predicted molar refractivity (Wildman–Crippen MR) is 116 cm³/mol. The molecule has 5 nitrogen and oxygen atoms in total. The van der Waals surface area contributed by atoms with Gasteiger partial charge in [-0.2, -0.15) is 5.10 Å². The standard InChI is InChI=1S/C21H22N4OS2/c1-4-25-19-18(15(3)23-25)22-21(28-13-16-9-7-14(2)8-10-16)24(20(19)26)12-17-6-5-11-27-17/h5-11H,4,12-13H2,1-3H3. The van der Waals surface area contributed by atoms with Crippen molar-refractivity contribution in [2.45, 2.75) is 44.8 Å². The van der Waals surface area contributed by atoms with Crippen LogP contribution >= 0.6 is 23.1 Å². The van der Waals surface area contributed by atoms with Gasteiger partial charge in [0.05, 0.1) is 12.2 Å². The molecule has 3 heterocycles. The van der Waals surface area contributed by atoms with Gasteiger partial charge in [-0.25, -0.2) is 4.98 Å². The minimum absolute atomic E-state index is 0.0211. The Kier molecular flexibility index (Phi) is 5.37. The minimum atomic E-state index is -0.0211. The van der Waals surface area contributed by atoms with Gasteiger partial charge < -0.3 is 0 Å². The number of thiophene rings is 1. The van der Waals surface area contributed by atoms with E-state index in [2.05, 4.69) is 42.4 Å². The number of aromatic nitrogens is 4. The topological polar surface area (TPSA) is 52.7 Å². The lowest BCUT2D eigenvalue weighted by Gasteiger charge is -2.12. The third kappa shape index (κ3) is 3.64. The van der Waals surface area contributed by atoms with Crippen molar-refractivity contribution in [2.75, 3.05) is 0 Å². The minimum Gasteiger partial charge on any atom is -0.280 e. The number of fused-ring (bicyclic) bond motifs is 1. The first kappa shape index (κ1) is 19.0. The van der Waals surface area contributed by atoms with Crippen LogP contribution in [0.25, 0.3) is 11.0 Å². The monoisotopic (exact) mass is 410 g/mol.